The number of hydrogen-bond donors (Lipinski definition) is 0. The third-order valence-corrected chi connectivity index (χ3v) is 5.55. The first-order valence-corrected chi connectivity index (χ1v) is 8.72. The number of anilines is 1. The van der Waals surface area contributed by atoms with Gasteiger partial charge in [0.1, 0.15) is 5.82 Å². The lowest BCUT2D eigenvalue weighted by Crippen LogP contribution is -2.49. The lowest BCUT2D eigenvalue weighted by molar-refractivity contribution is -0.123. The molecule has 1 aromatic carbocycles. The van der Waals surface area contributed by atoms with Crippen LogP contribution in [0.3, 0.4) is 0 Å². The van der Waals surface area contributed by atoms with E-state index >= 15 is 0 Å². The predicted octanol–water partition coefficient (Wildman–Crippen LogP) is 2.29. The largest absolute Gasteiger partial charge is 0.330 e. The monoisotopic (exact) mass is 324 g/mol. The van der Waals surface area contributed by atoms with Crippen LogP contribution in [0.2, 0.25) is 0 Å². The normalized spacial score (nSPS) is 18.4. The number of rotatable bonds is 2. The second kappa shape index (κ2) is 5.74. The third-order valence-electron chi connectivity index (χ3n) is 5.55. The summed E-state index contributed by atoms with van der Waals surface area (Å²) in [5.74, 6) is 1.28. The molecular formula is C19H24N4O. The Morgan fingerprint density at radius 2 is 1.96 bits per heavy atom. The Kier molecular flexibility index (Phi) is 3.68. The Hall–Kier alpha value is -2.14. The van der Waals surface area contributed by atoms with Crippen molar-refractivity contribution in [2.75, 3.05) is 18.0 Å². The van der Waals surface area contributed by atoms with Gasteiger partial charge in [0.05, 0.1) is 18.3 Å². The van der Waals surface area contributed by atoms with E-state index in [0.717, 1.165) is 49.8 Å². The van der Waals surface area contributed by atoms with Crippen molar-refractivity contribution in [3.63, 3.8) is 0 Å². The molecule has 1 atom stereocenters. The summed E-state index contributed by atoms with van der Waals surface area (Å²) in [6.45, 7) is 9.56. The number of fused-ring (bicyclic) bond motifs is 2. The van der Waals surface area contributed by atoms with E-state index in [4.69, 9.17) is 0 Å². The van der Waals surface area contributed by atoms with Gasteiger partial charge >= 0.3 is 0 Å². The molecule has 0 radical (unpaired) electrons. The van der Waals surface area contributed by atoms with Crippen molar-refractivity contribution in [2.24, 2.45) is 0 Å². The van der Waals surface area contributed by atoms with Gasteiger partial charge in [0.15, 0.2) is 0 Å². The molecule has 0 saturated carbocycles. The minimum absolute atomic E-state index is 0.123. The SMILES string of the molecule is Cc1nc2n(c1C)CCN(C(C)C(=O)N1CCc3ccccc31)C2. The number of amides is 1. The van der Waals surface area contributed by atoms with Crippen LogP contribution in [0.15, 0.2) is 24.3 Å². The fourth-order valence-electron chi connectivity index (χ4n) is 3.91. The fraction of sp³-hybridized carbons (Fsp3) is 0.474. The second-order valence-electron chi connectivity index (χ2n) is 6.87. The molecule has 0 saturated heterocycles. The van der Waals surface area contributed by atoms with Crippen molar-refractivity contribution in [3.8, 4) is 0 Å². The van der Waals surface area contributed by atoms with Crippen molar-refractivity contribution < 1.29 is 4.79 Å². The lowest BCUT2D eigenvalue weighted by atomic mass is 10.1. The van der Waals surface area contributed by atoms with Gasteiger partial charge in [-0.3, -0.25) is 9.69 Å². The second-order valence-corrected chi connectivity index (χ2v) is 6.87. The molecule has 2 aromatic rings. The smallest absolute Gasteiger partial charge is 0.244 e. The van der Waals surface area contributed by atoms with Gasteiger partial charge in [0.2, 0.25) is 5.91 Å². The van der Waals surface area contributed by atoms with E-state index in [2.05, 4.69) is 40.4 Å². The molecule has 1 aromatic heterocycles. The summed E-state index contributed by atoms with van der Waals surface area (Å²) in [4.78, 5) is 21.9. The molecule has 3 heterocycles. The van der Waals surface area contributed by atoms with E-state index in [1.807, 2.05) is 24.0 Å². The zero-order valence-electron chi connectivity index (χ0n) is 14.6. The number of carbonyl (C=O) groups is 1. The number of carbonyl (C=O) groups excluding carboxylic acids is 1. The van der Waals surface area contributed by atoms with Crippen LogP contribution in [-0.4, -0.2) is 39.5 Å². The zero-order valence-corrected chi connectivity index (χ0v) is 14.6. The number of hydrogen-bond acceptors (Lipinski definition) is 3. The van der Waals surface area contributed by atoms with Crippen LogP contribution in [0.5, 0.6) is 0 Å². The van der Waals surface area contributed by atoms with Gasteiger partial charge in [-0.1, -0.05) is 18.2 Å². The summed E-state index contributed by atoms with van der Waals surface area (Å²) >= 11 is 0. The third kappa shape index (κ3) is 2.35. The van der Waals surface area contributed by atoms with Crippen molar-refractivity contribution in [1.29, 1.82) is 0 Å². The van der Waals surface area contributed by atoms with Crippen LogP contribution in [-0.2, 0) is 24.3 Å². The molecule has 1 amide bonds. The highest BCUT2D eigenvalue weighted by Gasteiger charge is 2.33. The van der Waals surface area contributed by atoms with Crippen molar-refractivity contribution in [1.82, 2.24) is 14.5 Å². The first kappa shape index (κ1) is 15.4. The van der Waals surface area contributed by atoms with Crippen LogP contribution < -0.4 is 4.90 Å². The summed E-state index contributed by atoms with van der Waals surface area (Å²) < 4.78 is 2.29. The maximum Gasteiger partial charge on any atom is 0.244 e. The minimum Gasteiger partial charge on any atom is -0.330 e. The van der Waals surface area contributed by atoms with Crippen LogP contribution >= 0.6 is 0 Å². The Morgan fingerprint density at radius 1 is 1.17 bits per heavy atom. The molecule has 0 aliphatic carbocycles. The number of aryl methyl sites for hydroxylation is 1. The standard InChI is InChI=1S/C19H24N4O/c1-13-14(2)22-11-10-21(12-18(22)20-13)15(3)19(24)23-9-8-16-6-4-5-7-17(16)23/h4-7,15H,8-12H2,1-3H3. The van der Waals surface area contributed by atoms with E-state index in [9.17, 15) is 4.79 Å². The van der Waals surface area contributed by atoms with Crippen LogP contribution in [0.1, 0.15) is 29.7 Å². The maximum absolute atomic E-state index is 13.0. The van der Waals surface area contributed by atoms with Gasteiger partial charge in [-0.15, -0.1) is 0 Å². The molecule has 4 rings (SSSR count). The Morgan fingerprint density at radius 3 is 2.79 bits per heavy atom. The lowest BCUT2D eigenvalue weighted by Gasteiger charge is -2.34. The van der Waals surface area contributed by atoms with Crippen molar-refractivity contribution in [2.45, 2.75) is 46.3 Å². The number of imidazole rings is 1. The molecule has 2 aliphatic rings. The zero-order chi connectivity index (χ0) is 16.8. The summed E-state index contributed by atoms with van der Waals surface area (Å²) in [7, 11) is 0. The van der Waals surface area contributed by atoms with Gasteiger partial charge in [0, 0.05) is 31.0 Å². The van der Waals surface area contributed by atoms with Crippen molar-refractivity contribution >= 4 is 11.6 Å². The summed E-state index contributed by atoms with van der Waals surface area (Å²) in [6, 6.07) is 8.12. The quantitative estimate of drug-likeness (QED) is 0.851. The highest BCUT2D eigenvalue weighted by molar-refractivity contribution is 5.98. The van der Waals surface area contributed by atoms with E-state index in [-0.39, 0.29) is 11.9 Å². The average Bonchev–Trinajstić information content (AvgIpc) is 3.15. The highest BCUT2D eigenvalue weighted by atomic mass is 16.2. The van der Waals surface area contributed by atoms with Gasteiger partial charge in [-0.05, 0) is 38.8 Å². The van der Waals surface area contributed by atoms with Crippen LogP contribution in [0.4, 0.5) is 5.69 Å². The molecule has 0 N–H and O–H groups in total. The fourth-order valence-corrected chi connectivity index (χ4v) is 3.91. The van der Waals surface area contributed by atoms with E-state index in [1.54, 1.807) is 0 Å². The predicted molar refractivity (Wildman–Crippen MR) is 94.1 cm³/mol. The summed E-state index contributed by atoms with van der Waals surface area (Å²) in [5, 5.41) is 0. The van der Waals surface area contributed by atoms with E-state index < -0.39 is 0 Å². The first-order valence-electron chi connectivity index (χ1n) is 8.72. The molecule has 0 fully saturated rings. The molecule has 0 spiro atoms. The topological polar surface area (TPSA) is 41.4 Å². The summed E-state index contributed by atoms with van der Waals surface area (Å²) in [5.41, 5.74) is 4.70. The molecule has 5 nitrogen and oxygen atoms in total. The van der Waals surface area contributed by atoms with Gasteiger partial charge in [0.25, 0.3) is 0 Å². The molecule has 0 bridgehead atoms. The molecule has 2 aliphatic heterocycles. The van der Waals surface area contributed by atoms with Crippen molar-refractivity contribution in [3.05, 3.63) is 47.0 Å². The van der Waals surface area contributed by atoms with Gasteiger partial charge in [-0.2, -0.15) is 0 Å². The first-order chi connectivity index (χ1) is 11.6. The number of benzene rings is 1. The van der Waals surface area contributed by atoms with Gasteiger partial charge in [-0.25, -0.2) is 4.98 Å². The number of nitrogens with zero attached hydrogens (tertiary/aromatic N) is 4. The minimum atomic E-state index is -0.123. The molecule has 24 heavy (non-hydrogen) atoms. The molecule has 5 heteroatoms. The molecule has 126 valence electrons. The maximum atomic E-state index is 13.0. The molecular weight excluding hydrogens is 300 g/mol. The highest BCUT2D eigenvalue weighted by Crippen LogP contribution is 2.29. The average molecular weight is 324 g/mol. The number of aromatic nitrogens is 2. The van der Waals surface area contributed by atoms with Crippen LogP contribution in [0.25, 0.3) is 0 Å². The van der Waals surface area contributed by atoms with Gasteiger partial charge < -0.3 is 9.47 Å². The van der Waals surface area contributed by atoms with E-state index in [1.165, 1.54) is 11.3 Å². The Bertz CT molecular complexity index is 795. The Balaban J connectivity index is 1.52. The Labute approximate surface area is 142 Å². The summed E-state index contributed by atoms with van der Waals surface area (Å²) in [6.07, 6.45) is 0.956. The molecule has 1 unspecified atom stereocenters. The van der Waals surface area contributed by atoms with E-state index in [0.29, 0.717) is 0 Å². The van der Waals surface area contributed by atoms with Crippen LogP contribution in [0, 0.1) is 13.8 Å². The number of para-hydroxylation sites is 1.